The molecule has 3 aromatic carbocycles. The SMILES string of the molecule is CCN1CCC(c2ccc(CN(CC)c3cc(OC)c(OC)cc3C3CCc4cc(O)ccc4C3)cc2)CC1. The number of ether oxygens (including phenoxy) is 2. The summed E-state index contributed by atoms with van der Waals surface area (Å²) in [6.07, 6.45) is 5.48. The highest BCUT2D eigenvalue weighted by Gasteiger charge is 2.26. The Morgan fingerprint density at radius 2 is 1.56 bits per heavy atom. The van der Waals surface area contributed by atoms with E-state index in [1.807, 2.05) is 12.1 Å². The van der Waals surface area contributed by atoms with E-state index < -0.39 is 0 Å². The zero-order valence-electron chi connectivity index (χ0n) is 24.1. The van der Waals surface area contributed by atoms with Gasteiger partial charge >= 0.3 is 0 Å². The van der Waals surface area contributed by atoms with Crippen molar-refractivity contribution in [2.24, 2.45) is 0 Å². The second kappa shape index (κ2) is 12.3. The van der Waals surface area contributed by atoms with Crippen LogP contribution in [0, 0.1) is 0 Å². The summed E-state index contributed by atoms with van der Waals surface area (Å²) in [5.74, 6) is 2.96. The van der Waals surface area contributed by atoms with E-state index in [4.69, 9.17) is 9.47 Å². The maximum atomic E-state index is 9.96. The van der Waals surface area contributed by atoms with Crippen LogP contribution < -0.4 is 14.4 Å². The fraction of sp³-hybridized carbons (Fsp3) is 0.471. The molecule has 2 aliphatic rings. The number of rotatable bonds is 9. The van der Waals surface area contributed by atoms with Crippen molar-refractivity contribution >= 4 is 5.69 Å². The predicted molar refractivity (Wildman–Crippen MR) is 160 cm³/mol. The molecular formula is C34H44N2O3. The summed E-state index contributed by atoms with van der Waals surface area (Å²) in [6, 6.07) is 19.6. The van der Waals surface area contributed by atoms with E-state index in [1.54, 1.807) is 14.2 Å². The molecule has 1 saturated heterocycles. The van der Waals surface area contributed by atoms with E-state index in [-0.39, 0.29) is 0 Å². The lowest BCUT2D eigenvalue weighted by Crippen LogP contribution is -2.32. The summed E-state index contributed by atoms with van der Waals surface area (Å²) >= 11 is 0. The van der Waals surface area contributed by atoms with Gasteiger partial charge in [-0.15, -0.1) is 0 Å². The van der Waals surface area contributed by atoms with Crippen molar-refractivity contribution < 1.29 is 14.6 Å². The molecule has 1 N–H and O–H groups in total. The Balaban J connectivity index is 1.40. The van der Waals surface area contributed by atoms with Gasteiger partial charge in [0, 0.05) is 24.8 Å². The van der Waals surface area contributed by atoms with Crippen molar-refractivity contribution in [3.05, 3.63) is 82.4 Å². The number of piperidine rings is 1. The van der Waals surface area contributed by atoms with Crippen molar-refractivity contribution in [2.45, 2.75) is 64.3 Å². The van der Waals surface area contributed by atoms with Crippen LogP contribution in [-0.2, 0) is 19.4 Å². The molecule has 208 valence electrons. The highest BCUT2D eigenvalue weighted by atomic mass is 16.5. The zero-order chi connectivity index (χ0) is 27.4. The largest absolute Gasteiger partial charge is 0.508 e. The minimum absolute atomic E-state index is 0.355. The van der Waals surface area contributed by atoms with Gasteiger partial charge < -0.3 is 24.4 Å². The lowest BCUT2D eigenvalue weighted by molar-refractivity contribution is 0.222. The number of fused-ring (bicyclic) bond motifs is 1. The van der Waals surface area contributed by atoms with Gasteiger partial charge in [-0.3, -0.25) is 0 Å². The van der Waals surface area contributed by atoms with Crippen LogP contribution in [0.3, 0.4) is 0 Å². The van der Waals surface area contributed by atoms with Crippen LogP contribution in [0.4, 0.5) is 5.69 Å². The average molecular weight is 529 g/mol. The first-order chi connectivity index (χ1) is 19.0. The van der Waals surface area contributed by atoms with Gasteiger partial charge in [0.05, 0.1) is 14.2 Å². The molecule has 5 nitrogen and oxygen atoms in total. The number of aryl methyl sites for hydroxylation is 1. The molecule has 0 aromatic heterocycles. The van der Waals surface area contributed by atoms with Crippen LogP contribution in [-0.4, -0.2) is 50.4 Å². The summed E-state index contributed by atoms with van der Waals surface area (Å²) in [5, 5.41) is 9.96. The predicted octanol–water partition coefficient (Wildman–Crippen LogP) is 6.91. The van der Waals surface area contributed by atoms with Gasteiger partial charge in [-0.05, 0) is 117 Å². The maximum Gasteiger partial charge on any atom is 0.162 e. The van der Waals surface area contributed by atoms with E-state index in [1.165, 1.54) is 59.4 Å². The van der Waals surface area contributed by atoms with Crippen LogP contribution in [0.2, 0.25) is 0 Å². The van der Waals surface area contributed by atoms with Gasteiger partial charge in [0.25, 0.3) is 0 Å². The summed E-state index contributed by atoms with van der Waals surface area (Å²) in [5.41, 5.74) is 7.94. The second-order valence-corrected chi connectivity index (χ2v) is 11.1. The van der Waals surface area contributed by atoms with Crippen LogP contribution in [0.1, 0.15) is 72.8 Å². The van der Waals surface area contributed by atoms with Gasteiger partial charge in [0.1, 0.15) is 5.75 Å². The molecule has 0 amide bonds. The van der Waals surface area contributed by atoms with Crippen molar-refractivity contribution in [3.8, 4) is 17.2 Å². The first-order valence-electron chi connectivity index (χ1n) is 14.7. The fourth-order valence-electron chi connectivity index (χ4n) is 6.56. The Hall–Kier alpha value is -3.18. The van der Waals surface area contributed by atoms with Crippen molar-refractivity contribution in [2.75, 3.05) is 45.3 Å². The number of hydrogen-bond donors (Lipinski definition) is 1. The minimum atomic E-state index is 0.355. The van der Waals surface area contributed by atoms with Crippen LogP contribution in [0.25, 0.3) is 0 Å². The normalized spacial score (nSPS) is 18.0. The highest BCUT2D eigenvalue weighted by Crippen LogP contribution is 2.43. The van der Waals surface area contributed by atoms with E-state index >= 15 is 0 Å². The monoisotopic (exact) mass is 528 g/mol. The fourth-order valence-corrected chi connectivity index (χ4v) is 6.56. The molecule has 3 aromatic rings. The lowest BCUT2D eigenvalue weighted by Gasteiger charge is -2.33. The Morgan fingerprint density at radius 3 is 2.23 bits per heavy atom. The first kappa shape index (κ1) is 27.4. The van der Waals surface area contributed by atoms with Crippen molar-refractivity contribution in [3.63, 3.8) is 0 Å². The second-order valence-electron chi connectivity index (χ2n) is 11.1. The van der Waals surface area contributed by atoms with Crippen LogP contribution >= 0.6 is 0 Å². The summed E-state index contributed by atoms with van der Waals surface area (Å²) in [6.45, 7) is 9.82. The van der Waals surface area contributed by atoms with E-state index in [9.17, 15) is 5.11 Å². The highest BCUT2D eigenvalue weighted by molar-refractivity contribution is 5.64. The number of hydrogen-bond acceptors (Lipinski definition) is 5. The number of phenols is 1. The Labute approximate surface area is 234 Å². The van der Waals surface area contributed by atoms with Gasteiger partial charge in [0.2, 0.25) is 0 Å². The lowest BCUT2D eigenvalue weighted by atomic mass is 9.79. The molecule has 1 fully saturated rings. The number of phenolic OH excluding ortho intramolecular Hbond substituents is 1. The molecule has 5 heteroatoms. The molecule has 0 bridgehead atoms. The van der Waals surface area contributed by atoms with Gasteiger partial charge in [0.15, 0.2) is 11.5 Å². The number of methoxy groups -OCH3 is 2. The molecule has 1 heterocycles. The third-order valence-electron chi connectivity index (χ3n) is 8.97. The Bertz CT molecular complexity index is 1250. The van der Waals surface area contributed by atoms with Gasteiger partial charge in [-0.2, -0.15) is 0 Å². The Morgan fingerprint density at radius 1 is 0.846 bits per heavy atom. The molecule has 1 aliphatic carbocycles. The van der Waals surface area contributed by atoms with Gasteiger partial charge in [-0.25, -0.2) is 0 Å². The summed E-state index contributed by atoms with van der Waals surface area (Å²) < 4.78 is 11.5. The number of nitrogens with zero attached hydrogens (tertiary/aromatic N) is 2. The molecule has 1 aliphatic heterocycles. The first-order valence-corrected chi connectivity index (χ1v) is 14.7. The molecule has 0 saturated carbocycles. The van der Waals surface area contributed by atoms with Crippen LogP contribution in [0.15, 0.2) is 54.6 Å². The molecular weight excluding hydrogens is 484 g/mol. The minimum Gasteiger partial charge on any atom is -0.508 e. The standard InChI is InChI=1S/C34H44N2O3/c1-5-35-17-15-26(16-18-35)25-9-7-24(8-10-25)23-36(6-2)32-22-34(39-4)33(38-3)21-31(32)29-12-11-28-20-30(37)14-13-27(28)19-29/h7-10,13-14,20-22,26,29,37H,5-6,11-12,15-19,23H2,1-4H3. The topological polar surface area (TPSA) is 45.2 Å². The number of likely N-dealkylation sites (tertiary alicyclic amines) is 1. The zero-order valence-corrected chi connectivity index (χ0v) is 24.1. The summed E-state index contributed by atoms with van der Waals surface area (Å²) in [4.78, 5) is 5.03. The average Bonchev–Trinajstić information content (AvgIpc) is 2.99. The third kappa shape index (κ3) is 6.04. The molecule has 5 rings (SSSR count). The number of aromatic hydroxyl groups is 1. The quantitative estimate of drug-likeness (QED) is 0.327. The van der Waals surface area contributed by atoms with Gasteiger partial charge in [-0.1, -0.05) is 37.3 Å². The van der Waals surface area contributed by atoms with Crippen LogP contribution in [0.5, 0.6) is 17.2 Å². The smallest absolute Gasteiger partial charge is 0.162 e. The molecule has 39 heavy (non-hydrogen) atoms. The summed E-state index contributed by atoms with van der Waals surface area (Å²) in [7, 11) is 3.43. The number of anilines is 1. The van der Waals surface area contributed by atoms with E-state index in [0.29, 0.717) is 17.6 Å². The van der Waals surface area contributed by atoms with E-state index in [0.717, 1.165) is 50.4 Å². The van der Waals surface area contributed by atoms with Crippen molar-refractivity contribution in [1.82, 2.24) is 4.90 Å². The molecule has 0 spiro atoms. The van der Waals surface area contributed by atoms with E-state index in [2.05, 4.69) is 66.1 Å². The third-order valence-corrected chi connectivity index (χ3v) is 8.97. The molecule has 1 unspecified atom stereocenters. The Kier molecular flexibility index (Phi) is 8.66. The number of benzene rings is 3. The molecule has 1 atom stereocenters. The molecule has 0 radical (unpaired) electrons. The maximum absolute atomic E-state index is 9.96. The van der Waals surface area contributed by atoms with Crippen molar-refractivity contribution in [1.29, 1.82) is 0 Å².